The van der Waals surface area contributed by atoms with Crippen LogP contribution in [0.2, 0.25) is 0 Å². The first-order valence-electron chi connectivity index (χ1n) is 6.97. The van der Waals surface area contributed by atoms with E-state index in [1.54, 1.807) is 0 Å². The predicted molar refractivity (Wildman–Crippen MR) is 73.2 cm³/mol. The molecule has 0 aromatic carbocycles. The van der Waals surface area contributed by atoms with Gasteiger partial charge < -0.3 is 5.32 Å². The van der Waals surface area contributed by atoms with Crippen molar-refractivity contribution in [2.75, 3.05) is 31.1 Å². The Morgan fingerprint density at radius 1 is 1.31 bits per heavy atom. The monoisotopic (exact) mass is 242 g/mol. The molecule has 1 N–H and O–H groups in total. The molecule has 2 aliphatic heterocycles. The maximum absolute atomic E-state index is 3.68. The Labute approximate surface area is 105 Å². The third-order valence-electron chi connectivity index (χ3n) is 3.92. The molecule has 2 fully saturated rings. The average molecular weight is 242 g/mol. The van der Waals surface area contributed by atoms with Crippen LogP contribution in [-0.4, -0.2) is 48.1 Å². The summed E-state index contributed by atoms with van der Waals surface area (Å²) in [6.45, 7) is 6.18. The van der Waals surface area contributed by atoms with Crippen molar-refractivity contribution in [3.05, 3.63) is 0 Å². The van der Waals surface area contributed by atoms with Gasteiger partial charge in [0.25, 0.3) is 0 Å². The number of nitrogens with one attached hydrogen (secondary N) is 1. The van der Waals surface area contributed by atoms with Crippen molar-refractivity contribution in [2.24, 2.45) is 0 Å². The van der Waals surface area contributed by atoms with Gasteiger partial charge in [-0.25, -0.2) is 0 Å². The van der Waals surface area contributed by atoms with Crippen LogP contribution in [0.3, 0.4) is 0 Å². The van der Waals surface area contributed by atoms with Crippen LogP contribution in [-0.2, 0) is 0 Å². The maximum Gasteiger partial charge on any atom is 0.0249 e. The summed E-state index contributed by atoms with van der Waals surface area (Å²) < 4.78 is 0. The van der Waals surface area contributed by atoms with Gasteiger partial charge in [-0.15, -0.1) is 0 Å². The van der Waals surface area contributed by atoms with Crippen LogP contribution in [0.15, 0.2) is 0 Å². The lowest BCUT2D eigenvalue weighted by atomic mass is 10.0. The van der Waals surface area contributed by atoms with E-state index >= 15 is 0 Å². The van der Waals surface area contributed by atoms with Gasteiger partial charge in [0, 0.05) is 12.1 Å². The smallest absolute Gasteiger partial charge is 0.0249 e. The van der Waals surface area contributed by atoms with Crippen molar-refractivity contribution >= 4 is 11.8 Å². The van der Waals surface area contributed by atoms with Crippen LogP contribution in [0.25, 0.3) is 0 Å². The van der Waals surface area contributed by atoms with E-state index in [9.17, 15) is 0 Å². The molecular weight excluding hydrogens is 216 g/mol. The lowest BCUT2D eigenvalue weighted by Gasteiger charge is -2.29. The molecule has 2 atom stereocenters. The predicted octanol–water partition coefficient (Wildman–Crippen LogP) is 2.35. The molecule has 3 heteroatoms. The Bertz CT molecular complexity index is 192. The molecule has 94 valence electrons. The van der Waals surface area contributed by atoms with Gasteiger partial charge in [0.05, 0.1) is 0 Å². The quantitative estimate of drug-likeness (QED) is 0.720. The number of thioether (sulfide) groups is 1. The average Bonchev–Trinajstić information content (AvgIpc) is 2.94. The summed E-state index contributed by atoms with van der Waals surface area (Å²) >= 11 is 2.08. The highest BCUT2D eigenvalue weighted by Gasteiger charge is 2.32. The Kier molecular flexibility index (Phi) is 5.46. The molecule has 0 aliphatic carbocycles. The Hall–Kier alpha value is 0.270. The molecule has 0 saturated carbocycles. The molecule has 2 aliphatic rings. The zero-order valence-electron chi connectivity index (χ0n) is 10.6. The highest BCUT2D eigenvalue weighted by atomic mass is 32.2. The third kappa shape index (κ3) is 3.38. The molecule has 2 heterocycles. The van der Waals surface area contributed by atoms with Crippen LogP contribution >= 0.6 is 11.8 Å². The molecule has 2 saturated heterocycles. The van der Waals surface area contributed by atoms with E-state index in [0.717, 1.165) is 12.1 Å². The molecule has 0 radical (unpaired) electrons. The maximum atomic E-state index is 3.68. The van der Waals surface area contributed by atoms with Crippen molar-refractivity contribution in [3.8, 4) is 0 Å². The minimum absolute atomic E-state index is 0.807. The first-order valence-corrected chi connectivity index (χ1v) is 8.12. The van der Waals surface area contributed by atoms with Gasteiger partial charge in [0.15, 0.2) is 0 Å². The fraction of sp³-hybridized carbons (Fsp3) is 1.00. The minimum atomic E-state index is 0.807. The minimum Gasteiger partial charge on any atom is -0.312 e. The van der Waals surface area contributed by atoms with E-state index in [-0.39, 0.29) is 0 Å². The van der Waals surface area contributed by atoms with Gasteiger partial charge in [0.1, 0.15) is 0 Å². The molecule has 0 aromatic rings. The van der Waals surface area contributed by atoms with Crippen molar-refractivity contribution < 1.29 is 0 Å². The summed E-state index contributed by atoms with van der Waals surface area (Å²) in [5.74, 6) is 2.62. The molecule has 2 nitrogen and oxygen atoms in total. The summed E-state index contributed by atoms with van der Waals surface area (Å²) in [6.07, 6.45) is 7.02. The Balaban J connectivity index is 1.70. The summed E-state index contributed by atoms with van der Waals surface area (Å²) in [7, 11) is 0. The van der Waals surface area contributed by atoms with Gasteiger partial charge in [-0.3, -0.25) is 4.90 Å². The standard InChI is InChI=1S/C13H26N2S/c1-2-16-11-5-10-15-9-4-7-13(15)12-6-3-8-14-12/h12-14H,2-11H2,1H3. The van der Waals surface area contributed by atoms with Crippen molar-refractivity contribution in [1.29, 1.82) is 0 Å². The van der Waals surface area contributed by atoms with Gasteiger partial charge in [0.2, 0.25) is 0 Å². The van der Waals surface area contributed by atoms with Crippen LogP contribution in [0.1, 0.15) is 39.0 Å². The zero-order valence-corrected chi connectivity index (χ0v) is 11.4. The Morgan fingerprint density at radius 2 is 2.25 bits per heavy atom. The van der Waals surface area contributed by atoms with E-state index in [1.807, 2.05) is 0 Å². The van der Waals surface area contributed by atoms with Gasteiger partial charge in [-0.1, -0.05) is 6.92 Å². The van der Waals surface area contributed by atoms with Crippen molar-refractivity contribution in [3.63, 3.8) is 0 Å². The van der Waals surface area contributed by atoms with Crippen molar-refractivity contribution in [2.45, 2.75) is 51.1 Å². The van der Waals surface area contributed by atoms with Gasteiger partial charge in [-0.05, 0) is 63.2 Å². The normalized spacial score (nSPS) is 31.3. The van der Waals surface area contributed by atoms with Crippen LogP contribution in [0.4, 0.5) is 0 Å². The number of likely N-dealkylation sites (tertiary alicyclic amines) is 1. The lowest BCUT2D eigenvalue weighted by molar-refractivity contribution is 0.215. The van der Waals surface area contributed by atoms with E-state index in [1.165, 1.54) is 63.2 Å². The first kappa shape index (κ1) is 12.7. The fourth-order valence-electron chi connectivity index (χ4n) is 3.14. The SMILES string of the molecule is CCSCCCN1CCCC1C1CCCN1. The lowest BCUT2D eigenvalue weighted by Crippen LogP contribution is -2.44. The summed E-state index contributed by atoms with van der Waals surface area (Å²) in [5.41, 5.74) is 0. The molecule has 0 aromatic heterocycles. The third-order valence-corrected chi connectivity index (χ3v) is 4.90. The molecule has 0 bridgehead atoms. The van der Waals surface area contributed by atoms with Crippen molar-refractivity contribution in [1.82, 2.24) is 10.2 Å². The zero-order chi connectivity index (χ0) is 11.2. The molecule has 16 heavy (non-hydrogen) atoms. The topological polar surface area (TPSA) is 15.3 Å². The first-order chi connectivity index (χ1) is 7.92. The summed E-state index contributed by atoms with van der Waals surface area (Å²) in [4.78, 5) is 2.75. The molecule has 2 unspecified atom stereocenters. The van der Waals surface area contributed by atoms with Crippen LogP contribution in [0.5, 0.6) is 0 Å². The number of hydrogen-bond acceptors (Lipinski definition) is 3. The number of nitrogens with zero attached hydrogens (tertiary/aromatic N) is 1. The number of hydrogen-bond donors (Lipinski definition) is 1. The number of rotatable bonds is 6. The highest BCUT2D eigenvalue weighted by molar-refractivity contribution is 7.99. The van der Waals surface area contributed by atoms with Gasteiger partial charge in [-0.2, -0.15) is 11.8 Å². The largest absolute Gasteiger partial charge is 0.312 e. The van der Waals surface area contributed by atoms with Crippen LogP contribution < -0.4 is 5.32 Å². The summed E-state index contributed by atoms with van der Waals surface area (Å²) in [6, 6.07) is 1.66. The highest BCUT2D eigenvalue weighted by Crippen LogP contribution is 2.24. The van der Waals surface area contributed by atoms with Crippen LogP contribution in [0, 0.1) is 0 Å². The van der Waals surface area contributed by atoms with E-state index in [0.29, 0.717) is 0 Å². The second-order valence-electron chi connectivity index (χ2n) is 5.00. The second kappa shape index (κ2) is 6.87. The molecule has 0 amide bonds. The van der Waals surface area contributed by atoms with E-state index in [4.69, 9.17) is 0 Å². The second-order valence-corrected chi connectivity index (χ2v) is 6.39. The van der Waals surface area contributed by atoms with E-state index in [2.05, 4.69) is 28.9 Å². The van der Waals surface area contributed by atoms with Gasteiger partial charge >= 0.3 is 0 Å². The molecule has 0 spiro atoms. The fourth-order valence-corrected chi connectivity index (χ4v) is 3.76. The molecular formula is C13H26N2S. The summed E-state index contributed by atoms with van der Waals surface area (Å²) in [5, 5.41) is 3.68. The molecule has 2 rings (SSSR count). The van der Waals surface area contributed by atoms with E-state index < -0.39 is 0 Å². The Morgan fingerprint density at radius 3 is 3.00 bits per heavy atom.